The number of carbonyl (C=O) groups excluding carboxylic acids is 1. The predicted molar refractivity (Wildman–Crippen MR) is 110 cm³/mol. The SMILES string of the molecule is CC1CCN(c2cc(NC(=O)c3ccc(N4CCOCC4)cc3)ncn2)CC1. The summed E-state index contributed by atoms with van der Waals surface area (Å²) in [6.07, 6.45) is 3.85. The molecule has 1 N–H and O–H groups in total. The van der Waals surface area contributed by atoms with Gasteiger partial charge in [0.25, 0.3) is 5.91 Å². The minimum Gasteiger partial charge on any atom is -0.378 e. The second-order valence-corrected chi connectivity index (χ2v) is 7.53. The predicted octanol–water partition coefficient (Wildman–Crippen LogP) is 2.80. The molecular formula is C21H27N5O2. The molecule has 2 saturated heterocycles. The number of hydrogen-bond donors (Lipinski definition) is 1. The fourth-order valence-electron chi connectivity index (χ4n) is 3.66. The number of rotatable bonds is 4. The van der Waals surface area contributed by atoms with E-state index in [-0.39, 0.29) is 5.91 Å². The third-order valence-corrected chi connectivity index (χ3v) is 5.51. The summed E-state index contributed by atoms with van der Waals surface area (Å²) < 4.78 is 5.39. The molecule has 0 bridgehead atoms. The Morgan fingerprint density at radius 3 is 2.46 bits per heavy atom. The fourth-order valence-corrected chi connectivity index (χ4v) is 3.66. The Morgan fingerprint density at radius 2 is 1.75 bits per heavy atom. The van der Waals surface area contributed by atoms with Crippen LogP contribution >= 0.6 is 0 Å². The van der Waals surface area contributed by atoms with E-state index >= 15 is 0 Å². The minimum atomic E-state index is -0.162. The topological polar surface area (TPSA) is 70.6 Å². The molecule has 2 aliphatic rings. The van der Waals surface area contributed by atoms with Gasteiger partial charge in [-0.3, -0.25) is 4.79 Å². The zero-order valence-electron chi connectivity index (χ0n) is 16.3. The van der Waals surface area contributed by atoms with Crippen molar-refractivity contribution in [2.75, 3.05) is 54.5 Å². The maximum Gasteiger partial charge on any atom is 0.256 e. The Morgan fingerprint density at radius 1 is 1.04 bits per heavy atom. The van der Waals surface area contributed by atoms with Gasteiger partial charge in [0.05, 0.1) is 13.2 Å². The molecule has 2 aliphatic heterocycles. The van der Waals surface area contributed by atoms with Crippen LogP contribution in [0, 0.1) is 5.92 Å². The van der Waals surface area contributed by atoms with Gasteiger partial charge in [-0.15, -0.1) is 0 Å². The summed E-state index contributed by atoms with van der Waals surface area (Å²) in [7, 11) is 0. The van der Waals surface area contributed by atoms with Crippen LogP contribution in [0.2, 0.25) is 0 Å². The zero-order valence-corrected chi connectivity index (χ0v) is 16.3. The molecule has 148 valence electrons. The molecule has 1 aromatic carbocycles. The lowest BCUT2D eigenvalue weighted by Gasteiger charge is -2.31. The maximum absolute atomic E-state index is 12.6. The maximum atomic E-state index is 12.6. The number of amides is 1. The molecule has 7 nitrogen and oxygen atoms in total. The van der Waals surface area contributed by atoms with E-state index in [2.05, 4.69) is 32.0 Å². The monoisotopic (exact) mass is 381 g/mol. The van der Waals surface area contributed by atoms with Gasteiger partial charge >= 0.3 is 0 Å². The van der Waals surface area contributed by atoms with Crippen molar-refractivity contribution in [2.24, 2.45) is 5.92 Å². The van der Waals surface area contributed by atoms with Crippen molar-refractivity contribution < 1.29 is 9.53 Å². The molecule has 3 heterocycles. The molecule has 0 spiro atoms. The van der Waals surface area contributed by atoms with Crippen molar-refractivity contribution in [1.29, 1.82) is 0 Å². The van der Waals surface area contributed by atoms with Crippen LogP contribution in [0.15, 0.2) is 36.7 Å². The van der Waals surface area contributed by atoms with Gasteiger partial charge in [-0.2, -0.15) is 0 Å². The van der Waals surface area contributed by atoms with Gasteiger partial charge in [0.15, 0.2) is 0 Å². The van der Waals surface area contributed by atoms with Gasteiger partial charge in [-0.05, 0) is 43.0 Å². The molecule has 0 aliphatic carbocycles. The molecule has 0 unspecified atom stereocenters. The van der Waals surface area contributed by atoms with E-state index in [0.29, 0.717) is 11.4 Å². The van der Waals surface area contributed by atoms with Crippen molar-refractivity contribution >= 4 is 23.2 Å². The van der Waals surface area contributed by atoms with Gasteiger partial charge < -0.3 is 19.9 Å². The molecule has 0 atom stereocenters. The van der Waals surface area contributed by atoms with Gasteiger partial charge in [0, 0.05) is 43.5 Å². The quantitative estimate of drug-likeness (QED) is 0.878. The van der Waals surface area contributed by atoms with Gasteiger partial charge in [-0.1, -0.05) is 6.92 Å². The first kappa shape index (κ1) is 18.7. The molecule has 4 rings (SSSR count). The van der Waals surface area contributed by atoms with E-state index in [0.717, 1.165) is 56.8 Å². The molecule has 2 fully saturated rings. The standard InChI is InChI=1S/C21H27N5O2/c1-16-6-8-26(9-7-16)20-14-19(22-15-23-20)24-21(27)17-2-4-18(5-3-17)25-10-12-28-13-11-25/h2-5,14-16H,6-13H2,1H3,(H,22,23,24,27). The highest BCUT2D eigenvalue weighted by Gasteiger charge is 2.18. The summed E-state index contributed by atoms with van der Waals surface area (Å²) in [6, 6.07) is 9.54. The number of aromatic nitrogens is 2. The second kappa shape index (κ2) is 8.56. The summed E-state index contributed by atoms with van der Waals surface area (Å²) in [6.45, 7) is 7.52. The molecule has 0 saturated carbocycles. The van der Waals surface area contributed by atoms with E-state index in [9.17, 15) is 4.79 Å². The number of benzene rings is 1. The largest absolute Gasteiger partial charge is 0.378 e. The van der Waals surface area contributed by atoms with Crippen molar-refractivity contribution in [3.05, 3.63) is 42.2 Å². The molecule has 0 radical (unpaired) electrons. The van der Waals surface area contributed by atoms with Crippen LogP contribution in [0.25, 0.3) is 0 Å². The Balaban J connectivity index is 1.40. The molecular weight excluding hydrogens is 354 g/mol. The van der Waals surface area contributed by atoms with E-state index in [1.54, 1.807) is 0 Å². The Labute approximate surface area is 165 Å². The molecule has 7 heteroatoms. The number of nitrogens with one attached hydrogen (secondary N) is 1. The smallest absolute Gasteiger partial charge is 0.256 e. The summed E-state index contributed by atoms with van der Waals surface area (Å²) in [4.78, 5) is 25.7. The first-order chi connectivity index (χ1) is 13.7. The van der Waals surface area contributed by atoms with E-state index < -0.39 is 0 Å². The molecule has 1 amide bonds. The number of ether oxygens (including phenoxy) is 1. The van der Waals surface area contributed by atoms with E-state index in [4.69, 9.17) is 4.74 Å². The Kier molecular flexibility index (Phi) is 5.71. The number of nitrogens with zero attached hydrogens (tertiary/aromatic N) is 4. The van der Waals surface area contributed by atoms with Gasteiger partial charge in [0.2, 0.25) is 0 Å². The lowest BCUT2D eigenvalue weighted by molar-refractivity contribution is 0.102. The summed E-state index contributed by atoms with van der Waals surface area (Å²) in [5, 5.41) is 2.90. The average Bonchev–Trinajstić information content (AvgIpc) is 2.75. The lowest BCUT2D eigenvalue weighted by atomic mass is 9.99. The van der Waals surface area contributed by atoms with Crippen molar-refractivity contribution in [1.82, 2.24) is 9.97 Å². The Hall–Kier alpha value is -2.67. The number of carbonyl (C=O) groups is 1. The first-order valence-corrected chi connectivity index (χ1v) is 10.00. The molecule has 28 heavy (non-hydrogen) atoms. The van der Waals surface area contributed by atoms with Crippen molar-refractivity contribution in [2.45, 2.75) is 19.8 Å². The van der Waals surface area contributed by atoms with Crippen LogP contribution < -0.4 is 15.1 Å². The van der Waals surface area contributed by atoms with Gasteiger partial charge in [-0.25, -0.2) is 9.97 Å². The van der Waals surface area contributed by atoms with Crippen LogP contribution in [-0.4, -0.2) is 55.3 Å². The fraction of sp³-hybridized carbons (Fsp3) is 0.476. The molecule has 1 aromatic heterocycles. The summed E-state index contributed by atoms with van der Waals surface area (Å²) >= 11 is 0. The van der Waals surface area contributed by atoms with Crippen molar-refractivity contribution in [3.63, 3.8) is 0 Å². The highest BCUT2D eigenvalue weighted by molar-refractivity contribution is 6.04. The van der Waals surface area contributed by atoms with E-state index in [1.807, 2.05) is 30.3 Å². The van der Waals surface area contributed by atoms with Crippen molar-refractivity contribution in [3.8, 4) is 0 Å². The lowest BCUT2D eigenvalue weighted by Crippen LogP contribution is -2.36. The van der Waals surface area contributed by atoms with Gasteiger partial charge in [0.1, 0.15) is 18.0 Å². The minimum absolute atomic E-state index is 0.162. The van der Waals surface area contributed by atoms with Crippen LogP contribution in [-0.2, 0) is 4.74 Å². The number of piperidine rings is 1. The highest BCUT2D eigenvalue weighted by Crippen LogP contribution is 2.23. The first-order valence-electron chi connectivity index (χ1n) is 10.00. The number of anilines is 3. The summed E-state index contributed by atoms with van der Waals surface area (Å²) in [5.74, 6) is 2.01. The average molecular weight is 381 g/mol. The second-order valence-electron chi connectivity index (χ2n) is 7.53. The van der Waals surface area contributed by atoms with E-state index in [1.165, 1.54) is 19.2 Å². The summed E-state index contributed by atoms with van der Waals surface area (Å²) in [5.41, 5.74) is 1.73. The normalized spacial score (nSPS) is 18.2. The van der Waals surface area contributed by atoms with Crippen LogP contribution in [0.3, 0.4) is 0 Å². The Bertz CT molecular complexity index is 797. The number of hydrogen-bond acceptors (Lipinski definition) is 6. The zero-order chi connectivity index (χ0) is 19.3. The van der Waals surface area contributed by atoms with Crippen LogP contribution in [0.4, 0.5) is 17.3 Å². The highest BCUT2D eigenvalue weighted by atomic mass is 16.5. The molecule has 2 aromatic rings. The number of morpholine rings is 1. The van der Waals surface area contributed by atoms with Crippen LogP contribution in [0.5, 0.6) is 0 Å². The third-order valence-electron chi connectivity index (χ3n) is 5.51. The third kappa shape index (κ3) is 4.42. The van der Waals surface area contributed by atoms with Crippen LogP contribution in [0.1, 0.15) is 30.1 Å².